The van der Waals surface area contributed by atoms with E-state index in [1.165, 1.54) is 25.3 Å². The van der Waals surface area contributed by atoms with E-state index in [1.54, 1.807) is 0 Å². The van der Waals surface area contributed by atoms with Gasteiger partial charge in [-0.1, -0.05) is 37.3 Å². The van der Waals surface area contributed by atoms with Crippen LogP contribution in [0.5, 0.6) is 0 Å². The molecule has 1 aliphatic rings. The number of carbonyl (C=O) groups is 1. The first kappa shape index (κ1) is 25.3. The fourth-order valence-corrected chi connectivity index (χ4v) is 4.43. The van der Waals surface area contributed by atoms with Gasteiger partial charge in [0.15, 0.2) is 5.78 Å². The molecule has 1 heterocycles. The van der Waals surface area contributed by atoms with E-state index in [9.17, 15) is 24.6 Å². The molecule has 0 radical (unpaired) electrons. The summed E-state index contributed by atoms with van der Waals surface area (Å²) in [4.78, 5) is 37.9. The summed E-state index contributed by atoms with van der Waals surface area (Å²) in [5.41, 5.74) is -1.78. The van der Waals surface area contributed by atoms with Crippen LogP contribution in [0.25, 0.3) is 5.69 Å². The van der Waals surface area contributed by atoms with Crippen molar-refractivity contribution in [1.29, 1.82) is 0 Å². The summed E-state index contributed by atoms with van der Waals surface area (Å²) < 4.78 is 6.68. The average Bonchev–Trinajstić information content (AvgIpc) is 3.01. The van der Waals surface area contributed by atoms with Crippen molar-refractivity contribution >= 4 is 17.4 Å². The lowest BCUT2D eigenvalue weighted by Crippen LogP contribution is -2.43. The molecule has 0 bridgehead atoms. The Kier molecular flexibility index (Phi) is 8.58. The predicted molar refractivity (Wildman–Crippen MR) is 123 cm³/mol. The largest absolute Gasteiger partial charge is 0.390 e. The van der Waals surface area contributed by atoms with Crippen molar-refractivity contribution in [3.8, 4) is 5.69 Å². The number of hydrogen-bond acceptors (Lipinski definition) is 7. The summed E-state index contributed by atoms with van der Waals surface area (Å²) in [6, 6.07) is 4.47. The normalized spacial score (nSPS) is 16.8. The third-order valence-electron chi connectivity index (χ3n) is 6.06. The van der Waals surface area contributed by atoms with E-state index in [1.807, 2.05) is 0 Å². The lowest BCUT2D eigenvalue weighted by Gasteiger charge is -2.26. The van der Waals surface area contributed by atoms with Crippen LogP contribution in [0.1, 0.15) is 61.7 Å². The number of aliphatic hydroxyl groups is 2. The van der Waals surface area contributed by atoms with Crippen LogP contribution in [0.2, 0.25) is 5.02 Å². The van der Waals surface area contributed by atoms with Gasteiger partial charge in [-0.15, -0.1) is 0 Å². The number of methoxy groups -OCH3 is 1. The fraction of sp³-hybridized carbons (Fsp3) is 0.565. The van der Waals surface area contributed by atoms with Gasteiger partial charge in [-0.05, 0) is 37.5 Å². The first-order valence-electron chi connectivity index (χ1n) is 11.2. The zero-order valence-electron chi connectivity index (χ0n) is 18.7. The summed E-state index contributed by atoms with van der Waals surface area (Å²) >= 11 is 6.27. The Morgan fingerprint density at radius 2 is 1.94 bits per heavy atom. The summed E-state index contributed by atoms with van der Waals surface area (Å²) in [6.07, 6.45) is 5.86. The average molecular weight is 480 g/mol. The summed E-state index contributed by atoms with van der Waals surface area (Å²) in [5, 5.41) is 24.9. The third kappa shape index (κ3) is 6.38. The second-order valence-electron chi connectivity index (χ2n) is 8.62. The van der Waals surface area contributed by atoms with Crippen molar-refractivity contribution in [2.24, 2.45) is 0 Å². The van der Waals surface area contributed by atoms with E-state index in [0.29, 0.717) is 19.3 Å². The fourth-order valence-electron chi connectivity index (χ4n) is 4.21. The highest BCUT2D eigenvalue weighted by molar-refractivity contribution is 6.34. The maximum Gasteiger partial charge on any atom is 0.352 e. The van der Waals surface area contributed by atoms with Crippen molar-refractivity contribution < 1.29 is 19.7 Å². The lowest BCUT2D eigenvalue weighted by atomic mass is 9.88. The number of Topliss-reactive ketones (excluding diaryl/α,β-unsaturated/α-hetero) is 1. The summed E-state index contributed by atoms with van der Waals surface area (Å²) in [7, 11) is 1.40. The number of aliphatic hydroxyl groups excluding tert-OH is 1. The minimum atomic E-state index is -1.05. The van der Waals surface area contributed by atoms with Crippen molar-refractivity contribution in [3.05, 3.63) is 55.8 Å². The molecule has 1 unspecified atom stereocenters. The van der Waals surface area contributed by atoms with E-state index < -0.39 is 23.0 Å². The highest BCUT2D eigenvalue weighted by Crippen LogP contribution is 2.32. The number of aromatic nitrogens is 3. The first-order chi connectivity index (χ1) is 15.7. The third-order valence-corrected chi connectivity index (χ3v) is 6.39. The van der Waals surface area contributed by atoms with Crippen LogP contribution in [-0.4, -0.2) is 55.8 Å². The molecule has 1 atom stereocenters. The smallest absolute Gasteiger partial charge is 0.352 e. The zero-order valence-corrected chi connectivity index (χ0v) is 19.5. The SMILES string of the molecule is COCC(O)Cn1c(=O)cnn(-c2ccc(Cl)c(C(=O)CCC3(O)CCCCCC3)c2)c1=O. The van der Waals surface area contributed by atoms with Gasteiger partial charge in [-0.25, -0.2) is 4.79 Å². The van der Waals surface area contributed by atoms with Gasteiger partial charge < -0.3 is 14.9 Å². The molecule has 1 fully saturated rings. The number of hydrogen-bond donors (Lipinski definition) is 2. The molecule has 0 aliphatic heterocycles. The van der Waals surface area contributed by atoms with Crippen molar-refractivity contribution in [3.63, 3.8) is 0 Å². The van der Waals surface area contributed by atoms with Gasteiger partial charge in [0.2, 0.25) is 0 Å². The van der Waals surface area contributed by atoms with E-state index in [4.69, 9.17) is 16.3 Å². The Balaban J connectivity index is 1.84. The van der Waals surface area contributed by atoms with Gasteiger partial charge in [0.25, 0.3) is 5.56 Å². The second-order valence-corrected chi connectivity index (χ2v) is 9.03. The van der Waals surface area contributed by atoms with Crippen LogP contribution in [-0.2, 0) is 11.3 Å². The molecule has 3 rings (SSSR count). The monoisotopic (exact) mass is 479 g/mol. The van der Waals surface area contributed by atoms with E-state index >= 15 is 0 Å². The highest BCUT2D eigenvalue weighted by atomic mass is 35.5. The number of benzene rings is 1. The lowest BCUT2D eigenvalue weighted by molar-refractivity contribution is 0.0148. The number of carbonyl (C=O) groups excluding carboxylic acids is 1. The van der Waals surface area contributed by atoms with Gasteiger partial charge in [0.1, 0.15) is 6.20 Å². The van der Waals surface area contributed by atoms with E-state index in [-0.39, 0.29) is 41.6 Å². The van der Waals surface area contributed by atoms with Gasteiger partial charge in [-0.2, -0.15) is 9.78 Å². The molecule has 10 heteroatoms. The molecule has 1 aromatic carbocycles. The molecule has 0 saturated heterocycles. The number of nitrogens with zero attached hydrogens (tertiary/aromatic N) is 3. The molecule has 1 aliphatic carbocycles. The topological polar surface area (TPSA) is 124 Å². The first-order valence-corrected chi connectivity index (χ1v) is 11.5. The molecule has 0 spiro atoms. The highest BCUT2D eigenvalue weighted by Gasteiger charge is 2.29. The minimum absolute atomic E-state index is 0.0415. The molecule has 180 valence electrons. The Bertz CT molecular complexity index is 1090. The Morgan fingerprint density at radius 3 is 2.61 bits per heavy atom. The van der Waals surface area contributed by atoms with Crippen LogP contribution in [0.3, 0.4) is 0 Å². The van der Waals surface area contributed by atoms with Gasteiger partial charge in [0, 0.05) is 19.1 Å². The second kappa shape index (κ2) is 11.2. The van der Waals surface area contributed by atoms with Crippen LogP contribution < -0.4 is 11.2 Å². The number of ketones is 1. The maximum absolute atomic E-state index is 12.9. The number of ether oxygens (including phenoxy) is 1. The van der Waals surface area contributed by atoms with Crippen LogP contribution >= 0.6 is 11.6 Å². The summed E-state index contributed by atoms with van der Waals surface area (Å²) in [5.74, 6) is -0.239. The Labute approximate surface area is 196 Å². The zero-order chi connectivity index (χ0) is 24.0. The Hall–Kier alpha value is -2.33. The standard InChI is InChI=1S/C23H30ClN3O6/c1-33-15-17(28)14-26-21(30)13-25-27(22(26)31)16-6-7-19(24)18(12-16)20(29)8-11-23(32)9-4-2-3-5-10-23/h6-7,12-13,17,28,32H,2-5,8-11,14-15H2,1H3. The molecule has 0 amide bonds. The number of halogens is 1. The van der Waals surface area contributed by atoms with Crippen molar-refractivity contribution in [2.45, 2.75) is 69.6 Å². The van der Waals surface area contributed by atoms with Crippen LogP contribution in [0.15, 0.2) is 34.0 Å². The quantitative estimate of drug-likeness (QED) is 0.417. The van der Waals surface area contributed by atoms with E-state index in [2.05, 4.69) is 5.10 Å². The van der Waals surface area contributed by atoms with Gasteiger partial charge >= 0.3 is 5.69 Å². The molecular formula is C23H30ClN3O6. The molecule has 1 aromatic heterocycles. The van der Waals surface area contributed by atoms with Crippen molar-refractivity contribution in [1.82, 2.24) is 14.3 Å². The predicted octanol–water partition coefficient (Wildman–Crippen LogP) is 2.10. The maximum atomic E-state index is 12.9. The van der Waals surface area contributed by atoms with Crippen LogP contribution in [0, 0.1) is 0 Å². The van der Waals surface area contributed by atoms with E-state index in [0.717, 1.165) is 41.1 Å². The van der Waals surface area contributed by atoms with Gasteiger partial charge in [0.05, 0.1) is 35.6 Å². The molecule has 2 N–H and O–H groups in total. The van der Waals surface area contributed by atoms with Crippen molar-refractivity contribution in [2.75, 3.05) is 13.7 Å². The number of rotatable bonds is 9. The van der Waals surface area contributed by atoms with Gasteiger partial charge in [-0.3, -0.25) is 14.2 Å². The molecule has 9 nitrogen and oxygen atoms in total. The summed E-state index contributed by atoms with van der Waals surface area (Å²) in [6.45, 7) is -0.299. The molecular weight excluding hydrogens is 450 g/mol. The minimum Gasteiger partial charge on any atom is -0.390 e. The molecule has 1 saturated carbocycles. The molecule has 33 heavy (non-hydrogen) atoms. The Morgan fingerprint density at radius 1 is 1.24 bits per heavy atom. The molecule has 2 aromatic rings. The van der Waals surface area contributed by atoms with Crippen LogP contribution in [0.4, 0.5) is 0 Å².